The Kier molecular flexibility index (Phi) is 6.09. The number of amides is 1. The third-order valence-corrected chi connectivity index (χ3v) is 10.0. The Bertz CT molecular complexity index is 1790. The first-order chi connectivity index (χ1) is 18.5. The summed E-state index contributed by atoms with van der Waals surface area (Å²) in [7, 11) is 0. The number of rotatable bonds is 4. The van der Waals surface area contributed by atoms with E-state index in [-0.39, 0.29) is 21.9 Å². The molecule has 1 unspecified atom stereocenters. The number of nitrogens with zero attached hydrogens (tertiary/aromatic N) is 3. The zero-order chi connectivity index (χ0) is 26.4. The number of carbonyl (C=O) groups is 1. The summed E-state index contributed by atoms with van der Waals surface area (Å²) in [6.45, 7) is 0. The maximum atomic E-state index is 13.5. The van der Waals surface area contributed by atoms with Gasteiger partial charge in [-0.05, 0) is 47.8 Å². The monoisotopic (exact) mass is 552 g/mol. The van der Waals surface area contributed by atoms with Crippen molar-refractivity contribution in [3.05, 3.63) is 79.9 Å². The molecule has 0 saturated carbocycles. The summed E-state index contributed by atoms with van der Waals surface area (Å²) in [5.41, 5.74) is 16.6. The lowest BCUT2D eigenvalue weighted by Gasteiger charge is -2.22. The number of pyridine rings is 1. The molecule has 10 heteroatoms. The van der Waals surface area contributed by atoms with Crippen LogP contribution in [0.4, 0.5) is 16.5 Å². The predicted molar refractivity (Wildman–Crippen MR) is 155 cm³/mol. The van der Waals surface area contributed by atoms with Crippen molar-refractivity contribution in [1.29, 1.82) is 10.5 Å². The predicted octanol–water partition coefficient (Wildman–Crippen LogP) is 6.52. The Hall–Kier alpha value is -4.22. The number of hydrogen-bond donors (Lipinski definition) is 3. The number of hydrogen-bond acceptors (Lipinski definition) is 9. The molecule has 5 aromatic rings. The number of fused-ring (bicyclic) bond motifs is 2. The Balaban J connectivity index is 1.37. The summed E-state index contributed by atoms with van der Waals surface area (Å²) in [4.78, 5) is 20.6. The molecular formula is C28H20N6OS3. The molecule has 1 atom stereocenters. The van der Waals surface area contributed by atoms with Crippen LogP contribution < -0.4 is 16.8 Å². The van der Waals surface area contributed by atoms with Gasteiger partial charge in [0.25, 0.3) is 5.91 Å². The molecule has 0 spiro atoms. The average Bonchev–Trinajstić information content (AvgIpc) is 3.65. The van der Waals surface area contributed by atoms with E-state index in [1.165, 1.54) is 28.2 Å². The number of carbonyl (C=O) groups excluding carboxylic acids is 1. The van der Waals surface area contributed by atoms with E-state index in [2.05, 4.69) is 34.6 Å². The molecule has 0 bridgehead atoms. The minimum absolute atomic E-state index is 0.0993. The quantitative estimate of drug-likeness (QED) is 0.232. The normalized spacial score (nSPS) is 14.5. The highest BCUT2D eigenvalue weighted by Gasteiger charge is 2.29. The van der Waals surface area contributed by atoms with Crippen molar-refractivity contribution in [1.82, 2.24) is 4.98 Å². The van der Waals surface area contributed by atoms with Crippen LogP contribution in [-0.2, 0) is 12.8 Å². The van der Waals surface area contributed by atoms with Gasteiger partial charge in [-0.2, -0.15) is 10.5 Å². The van der Waals surface area contributed by atoms with Crippen LogP contribution in [-0.4, -0.2) is 10.9 Å². The first kappa shape index (κ1) is 24.1. The van der Waals surface area contributed by atoms with Crippen LogP contribution in [0.15, 0.2) is 47.8 Å². The van der Waals surface area contributed by atoms with Gasteiger partial charge in [-0.1, -0.05) is 36.4 Å². The van der Waals surface area contributed by atoms with Crippen molar-refractivity contribution in [2.24, 2.45) is 0 Å². The molecule has 0 aliphatic heterocycles. The Morgan fingerprint density at radius 3 is 2.55 bits per heavy atom. The van der Waals surface area contributed by atoms with E-state index in [4.69, 9.17) is 11.5 Å². The molecule has 0 fully saturated rings. The number of nitrogens with two attached hydrogens (primary N) is 2. The van der Waals surface area contributed by atoms with E-state index in [1.54, 1.807) is 0 Å². The molecule has 0 radical (unpaired) electrons. The fourth-order valence-electron chi connectivity index (χ4n) is 5.08. The van der Waals surface area contributed by atoms with Crippen molar-refractivity contribution in [2.75, 3.05) is 16.8 Å². The Morgan fingerprint density at radius 1 is 1.05 bits per heavy atom. The maximum Gasteiger partial charge on any atom is 0.268 e. The van der Waals surface area contributed by atoms with Gasteiger partial charge in [0.05, 0.1) is 11.3 Å². The molecular weight excluding hydrogens is 533 g/mol. The van der Waals surface area contributed by atoms with Crippen LogP contribution in [0.25, 0.3) is 20.7 Å². The Morgan fingerprint density at radius 2 is 1.84 bits per heavy atom. The second-order valence-corrected chi connectivity index (χ2v) is 12.0. The minimum atomic E-state index is -0.408. The van der Waals surface area contributed by atoms with Gasteiger partial charge < -0.3 is 16.8 Å². The van der Waals surface area contributed by atoms with Gasteiger partial charge in [-0.15, -0.1) is 34.0 Å². The van der Waals surface area contributed by atoms with Crippen molar-refractivity contribution in [3.8, 4) is 22.6 Å². The number of nitrogens with one attached hydrogen (secondary N) is 1. The Labute approximate surface area is 230 Å². The molecule has 4 heterocycles. The third kappa shape index (κ3) is 3.91. The van der Waals surface area contributed by atoms with Gasteiger partial charge >= 0.3 is 0 Å². The number of thiophene rings is 3. The summed E-state index contributed by atoms with van der Waals surface area (Å²) in [6, 6.07) is 18.6. The number of nitrogen functional groups attached to an aromatic ring is 2. The van der Waals surface area contributed by atoms with Gasteiger partial charge in [0.15, 0.2) is 0 Å². The number of benzene rings is 1. The first-order valence-electron chi connectivity index (χ1n) is 11.9. The van der Waals surface area contributed by atoms with Crippen LogP contribution in [0.1, 0.15) is 49.1 Å². The molecule has 4 aromatic heterocycles. The van der Waals surface area contributed by atoms with Crippen LogP contribution in [0.2, 0.25) is 0 Å². The molecule has 1 amide bonds. The average molecular weight is 553 g/mol. The summed E-state index contributed by atoms with van der Waals surface area (Å²) < 4.78 is 0. The summed E-state index contributed by atoms with van der Waals surface area (Å²) >= 11 is 4.05. The highest BCUT2D eigenvalue weighted by atomic mass is 32.1. The van der Waals surface area contributed by atoms with Crippen LogP contribution >= 0.6 is 34.0 Å². The number of nitriles is 2. The van der Waals surface area contributed by atoms with Gasteiger partial charge in [0.2, 0.25) is 0 Å². The van der Waals surface area contributed by atoms with Crippen molar-refractivity contribution < 1.29 is 4.79 Å². The molecule has 1 aliphatic carbocycles. The van der Waals surface area contributed by atoms with Crippen LogP contribution in [0, 0.1) is 22.7 Å². The van der Waals surface area contributed by atoms with Crippen molar-refractivity contribution in [2.45, 2.75) is 25.2 Å². The van der Waals surface area contributed by atoms with Crippen molar-refractivity contribution >= 4 is 66.6 Å². The lowest BCUT2D eigenvalue weighted by atomic mass is 9.83. The lowest BCUT2D eigenvalue weighted by Crippen LogP contribution is -2.12. The third-order valence-electron chi connectivity index (χ3n) is 6.87. The number of anilines is 3. The standard InChI is InChI=1S/C28H20N6OS3/c29-12-17-16-9-8-15(14-5-2-1-3-6-14)11-20(16)37-27(17)34-26(35)24-23(31)22-21(19-7-4-10-36-19)18(13-30)25(32)33-28(22)38-24/h1-7,10,15H,8-9,11,31H2,(H2,32,33)(H,34,35). The molecule has 1 aliphatic rings. The topological polar surface area (TPSA) is 142 Å². The summed E-state index contributed by atoms with van der Waals surface area (Å²) in [5, 5.41) is 25.7. The van der Waals surface area contributed by atoms with E-state index >= 15 is 0 Å². The smallest absolute Gasteiger partial charge is 0.268 e. The second kappa shape index (κ2) is 9.58. The van der Waals surface area contributed by atoms with Crippen LogP contribution in [0.3, 0.4) is 0 Å². The molecule has 186 valence electrons. The molecule has 6 rings (SSSR count). The fourth-order valence-corrected chi connectivity index (χ4v) is 8.14. The second-order valence-electron chi connectivity index (χ2n) is 8.99. The molecule has 7 nitrogen and oxygen atoms in total. The van der Waals surface area contributed by atoms with Gasteiger partial charge in [-0.3, -0.25) is 4.79 Å². The van der Waals surface area contributed by atoms with Crippen LogP contribution in [0.5, 0.6) is 0 Å². The fraction of sp³-hybridized carbons (Fsp3) is 0.143. The van der Waals surface area contributed by atoms with Crippen molar-refractivity contribution in [3.63, 3.8) is 0 Å². The molecule has 1 aromatic carbocycles. The van der Waals surface area contributed by atoms with E-state index < -0.39 is 5.91 Å². The summed E-state index contributed by atoms with van der Waals surface area (Å²) in [6.07, 6.45) is 2.59. The highest BCUT2D eigenvalue weighted by molar-refractivity contribution is 7.22. The molecule has 38 heavy (non-hydrogen) atoms. The zero-order valence-corrected chi connectivity index (χ0v) is 22.4. The highest BCUT2D eigenvalue weighted by Crippen LogP contribution is 2.45. The van der Waals surface area contributed by atoms with E-state index in [1.807, 2.05) is 35.7 Å². The minimum Gasteiger partial charge on any atom is -0.397 e. The van der Waals surface area contributed by atoms with E-state index in [0.717, 1.165) is 45.9 Å². The van der Waals surface area contributed by atoms with Gasteiger partial charge in [0, 0.05) is 20.7 Å². The van der Waals surface area contributed by atoms with E-state index in [0.29, 0.717) is 32.3 Å². The first-order valence-corrected chi connectivity index (χ1v) is 14.4. The molecule has 5 N–H and O–H groups in total. The van der Waals surface area contributed by atoms with E-state index in [9.17, 15) is 15.3 Å². The maximum absolute atomic E-state index is 13.5. The lowest BCUT2D eigenvalue weighted by molar-refractivity contribution is 0.103. The molecule has 0 saturated heterocycles. The van der Waals surface area contributed by atoms with Gasteiger partial charge in [0.1, 0.15) is 38.2 Å². The number of aromatic nitrogens is 1. The van der Waals surface area contributed by atoms with Gasteiger partial charge in [-0.25, -0.2) is 4.98 Å². The largest absolute Gasteiger partial charge is 0.397 e. The summed E-state index contributed by atoms with van der Waals surface area (Å²) in [5.74, 6) is 0.0777. The zero-order valence-electron chi connectivity index (χ0n) is 19.9. The SMILES string of the molecule is N#Cc1c(NC(=O)c2sc3nc(N)c(C#N)c(-c4cccs4)c3c2N)sc2c1CCC(c1ccccc1)C2.